The van der Waals surface area contributed by atoms with Crippen LogP contribution in [0.3, 0.4) is 0 Å². The molecule has 0 rings (SSSR count). The first-order valence-electron chi connectivity index (χ1n) is 5.07. The van der Waals surface area contributed by atoms with Gasteiger partial charge in [0.25, 0.3) is 0 Å². The molecule has 0 saturated heterocycles. The van der Waals surface area contributed by atoms with Crippen LogP contribution in [-0.2, 0) is 14.3 Å². The number of hydrogen-bond donors (Lipinski definition) is 1. The maximum absolute atomic E-state index is 11.2. The fourth-order valence-corrected chi connectivity index (χ4v) is 0.904. The number of carbonyl (C=O) groups is 2. The van der Waals surface area contributed by atoms with Crippen LogP contribution in [0.4, 0.5) is 0 Å². The summed E-state index contributed by atoms with van der Waals surface area (Å²) in [5, 5.41) is 2.59. The lowest BCUT2D eigenvalue weighted by molar-refractivity contribution is -0.144. The highest BCUT2D eigenvalue weighted by Gasteiger charge is 2.13. The number of amides is 1. The predicted octanol–water partition coefficient (Wildman–Crippen LogP) is 1.02. The van der Waals surface area contributed by atoms with E-state index in [4.69, 9.17) is 11.2 Å². The fourth-order valence-electron chi connectivity index (χ4n) is 0.904. The van der Waals surface area contributed by atoms with Crippen LogP contribution >= 0.6 is 0 Å². The van der Waals surface area contributed by atoms with E-state index in [-0.39, 0.29) is 25.0 Å². The molecule has 16 heavy (non-hydrogen) atoms. The van der Waals surface area contributed by atoms with E-state index in [2.05, 4.69) is 17.8 Å². The molecule has 0 bridgehead atoms. The van der Waals surface area contributed by atoms with Gasteiger partial charge in [0.1, 0.15) is 6.10 Å². The number of carbonyl (C=O) groups excluding carboxylic acids is 2. The molecule has 4 heteroatoms. The van der Waals surface area contributed by atoms with Gasteiger partial charge in [-0.3, -0.25) is 4.79 Å². The van der Waals surface area contributed by atoms with Gasteiger partial charge in [0.2, 0.25) is 5.91 Å². The smallest absolute Gasteiger partial charge is 0.333 e. The number of esters is 1. The zero-order valence-corrected chi connectivity index (χ0v) is 9.71. The molecule has 0 aliphatic heterocycles. The molecule has 0 heterocycles. The lowest BCUT2D eigenvalue weighted by Crippen LogP contribution is -2.34. The largest absolute Gasteiger partial charge is 0.457 e. The van der Waals surface area contributed by atoms with Gasteiger partial charge in [0, 0.05) is 5.57 Å². The van der Waals surface area contributed by atoms with Crippen molar-refractivity contribution in [3.8, 4) is 12.3 Å². The molecule has 88 valence electrons. The Bertz CT molecular complexity index is 315. The van der Waals surface area contributed by atoms with Crippen molar-refractivity contribution in [1.82, 2.24) is 5.32 Å². The first-order chi connectivity index (χ1) is 7.51. The quantitative estimate of drug-likeness (QED) is 0.415. The zero-order chi connectivity index (χ0) is 12.6. The summed E-state index contributed by atoms with van der Waals surface area (Å²) in [6.45, 7) is 7.19. The topological polar surface area (TPSA) is 55.4 Å². The highest BCUT2D eigenvalue weighted by molar-refractivity contribution is 5.87. The molecule has 0 aromatic heterocycles. The molecule has 0 aliphatic rings. The molecular formula is C12H17NO3. The maximum atomic E-state index is 11.2. The highest BCUT2D eigenvalue weighted by Crippen LogP contribution is 2.01. The van der Waals surface area contributed by atoms with E-state index in [1.807, 2.05) is 6.92 Å². The van der Waals surface area contributed by atoms with Crippen molar-refractivity contribution in [3.05, 3.63) is 12.2 Å². The third-order valence-electron chi connectivity index (χ3n) is 1.87. The van der Waals surface area contributed by atoms with Crippen molar-refractivity contribution in [2.24, 2.45) is 0 Å². The number of rotatable bonds is 6. The molecule has 0 aliphatic carbocycles. The Hall–Kier alpha value is -1.76. The standard InChI is InChI=1S/C12H17NO3/c1-5-7-11(14)13-8-10(6-2)16-12(15)9(3)4/h1,10H,3,6-8H2,2,4H3,(H,13,14). The minimum Gasteiger partial charge on any atom is -0.457 e. The van der Waals surface area contributed by atoms with Crippen LogP contribution in [0.1, 0.15) is 26.7 Å². The van der Waals surface area contributed by atoms with Crippen LogP contribution in [0.15, 0.2) is 12.2 Å². The van der Waals surface area contributed by atoms with Crippen LogP contribution in [0.5, 0.6) is 0 Å². The SMILES string of the molecule is C#CCC(=O)NCC(CC)OC(=O)C(=C)C. The van der Waals surface area contributed by atoms with Gasteiger partial charge in [0.05, 0.1) is 13.0 Å². The van der Waals surface area contributed by atoms with Gasteiger partial charge >= 0.3 is 5.97 Å². The molecule has 4 nitrogen and oxygen atoms in total. The molecule has 0 fully saturated rings. The summed E-state index contributed by atoms with van der Waals surface area (Å²) < 4.78 is 5.08. The number of nitrogens with one attached hydrogen (secondary N) is 1. The zero-order valence-electron chi connectivity index (χ0n) is 9.71. The summed E-state index contributed by atoms with van der Waals surface area (Å²) in [6, 6.07) is 0. The molecule has 0 aromatic carbocycles. The molecule has 1 amide bonds. The van der Waals surface area contributed by atoms with E-state index in [1.54, 1.807) is 6.92 Å². The average Bonchev–Trinajstić information content (AvgIpc) is 2.24. The number of ether oxygens (including phenoxy) is 1. The van der Waals surface area contributed by atoms with Crippen molar-refractivity contribution in [1.29, 1.82) is 0 Å². The van der Waals surface area contributed by atoms with Crippen molar-refractivity contribution in [2.45, 2.75) is 32.8 Å². The van der Waals surface area contributed by atoms with E-state index in [0.29, 0.717) is 12.0 Å². The van der Waals surface area contributed by atoms with Gasteiger partial charge in [-0.25, -0.2) is 4.79 Å². The molecular weight excluding hydrogens is 206 g/mol. The summed E-state index contributed by atoms with van der Waals surface area (Å²) in [5.74, 6) is 1.54. The average molecular weight is 223 g/mol. The molecule has 0 aromatic rings. The molecule has 0 spiro atoms. The van der Waals surface area contributed by atoms with Gasteiger partial charge in [0.15, 0.2) is 0 Å². The van der Waals surface area contributed by atoms with Crippen molar-refractivity contribution in [3.63, 3.8) is 0 Å². The fraction of sp³-hybridized carbons (Fsp3) is 0.500. The summed E-state index contributed by atoms with van der Waals surface area (Å²) >= 11 is 0. The highest BCUT2D eigenvalue weighted by atomic mass is 16.5. The van der Waals surface area contributed by atoms with Crippen LogP contribution < -0.4 is 5.32 Å². The Labute approximate surface area is 96.0 Å². The van der Waals surface area contributed by atoms with Crippen LogP contribution in [0, 0.1) is 12.3 Å². The van der Waals surface area contributed by atoms with Gasteiger partial charge in [-0.15, -0.1) is 6.42 Å². The Morgan fingerprint density at radius 1 is 1.56 bits per heavy atom. The minimum atomic E-state index is -0.446. The van der Waals surface area contributed by atoms with E-state index < -0.39 is 5.97 Å². The van der Waals surface area contributed by atoms with E-state index in [0.717, 1.165) is 0 Å². The first-order valence-corrected chi connectivity index (χ1v) is 5.07. The van der Waals surface area contributed by atoms with Gasteiger partial charge in [-0.1, -0.05) is 19.4 Å². The first kappa shape index (κ1) is 14.2. The van der Waals surface area contributed by atoms with Gasteiger partial charge < -0.3 is 10.1 Å². The maximum Gasteiger partial charge on any atom is 0.333 e. The Morgan fingerprint density at radius 2 is 2.19 bits per heavy atom. The normalized spacial score (nSPS) is 11.1. The van der Waals surface area contributed by atoms with E-state index in [1.165, 1.54) is 0 Å². The van der Waals surface area contributed by atoms with Gasteiger partial charge in [-0.05, 0) is 13.3 Å². The third-order valence-corrected chi connectivity index (χ3v) is 1.87. The summed E-state index contributed by atoms with van der Waals surface area (Å²) in [4.78, 5) is 22.3. The second-order valence-electron chi connectivity index (χ2n) is 3.40. The second-order valence-corrected chi connectivity index (χ2v) is 3.40. The number of hydrogen-bond acceptors (Lipinski definition) is 3. The second kappa shape index (κ2) is 7.52. The summed E-state index contributed by atoms with van der Waals surface area (Å²) in [6.07, 6.45) is 5.29. The van der Waals surface area contributed by atoms with Gasteiger partial charge in [-0.2, -0.15) is 0 Å². The molecule has 1 unspecified atom stereocenters. The third kappa shape index (κ3) is 5.86. The predicted molar refractivity (Wildman–Crippen MR) is 61.4 cm³/mol. The Morgan fingerprint density at radius 3 is 2.62 bits per heavy atom. The molecule has 0 saturated carbocycles. The van der Waals surface area contributed by atoms with Crippen LogP contribution in [-0.4, -0.2) is 24.5 Å². The Balaban J connectivity index is 4.02. The lowest BCUT2D eigenvalue weighted by Gasteiger charge is -2.16. The summed E-state index contributed by atoms with van der Waals surface area (Å²) in [7, 11) is 0. The lowest BCUT2D eigenvalue weighted by atomic mass is 10.2. The van der Waals surface area contributed by atoms with Crippen LogP contribution in [0.2, 0.25) is 0 Å². The molecule has 1 atom stereocenters. The van der Waals surface area contributed by atoms with Crippen LogP contribution in [0.25, 0.3) is 0 Å². The van der Waals surface area contributed by atoms with Crippen molar-refractivity contribution in [2.75, 3.05) is 6.54 Å². The summed E-state index contributed by atoms with van der Waals surface area (Å²) in [5.41, 5.74) is 0.341. The van der Waals surface area contributed by atoms with E-state index in [9.17, 15) is 9.59 Å². The monoisotopic (exact) mass is 223 g/mol. The molecule has 1 N–H and O–H groups in total. The number of terminal acetylenes is 1. The minimum absolute atomic E-state index is 0.0326. The van der Waals surface area contributed by atoms with Crippen molar-refractivity contribution < 1.29 is 14.3 Å². The molecule has 0 radical (unpaired) electrons. The van der Waals surface area contributed by atoms with E-state index >= 15 is 0 Å². The van der Waals surface area contributed by atoms with Crippen molar-refractivity contribution >= 4 is 11.9 Å². The Kier molecular flexibility index (Phi) is 6.69.